The first-order valence-electron chi connectivity index (χ1n) is 4.03. The molecule has 4 heteroatoms. The lowest BCUT2D eigenvalue weighted by atomic mass is 10.1. The van der Waals surface area contributed by atoms with Gasteiger partial charge in [0, 0.05) is 5.56 Å². The Morgan fingerprint density at radius 3 is 2.64 bits per heavy atom. The fourth-order valence-corrected chi connectivity index (χ4v) is 1.20. The summed E-state index contributed by atoms with van der Waals surface area (Å²) in [6.45, 7) is 0. The zero-order valence-electron chi connectivity index (χ0n) is 7.27. The van der Waals surface area contributed by atoms with Gasteiger partial charge in [0.15, 0.2) is 11.6 Å². The van der Waals surface area contributed by atoms with Gasteiger partial charge in [-0.25, -0.2) is 0 Å². The average Bonchev–Trinajstić information content (AvgIpc) is 2.61. The molecule has 0 aliphatic heterocycles. The fraction of sp³-hybridized carbons (Fsp3) is 0. The first kappa shape index (κ1) is 8.32. The molecule has 0 amide bonds. The molecule has 0 aliphatic carbocycles. The lowest BCUT2D eigenvalue weighted by molar-refractivity contribution is 0.435. The van der Waals surface area contributed by atoms with Crippen molar-refractivity contribution in [1.29, 1.82) is 5.26 Å². The van der Waals surface area contributed by atoms with Gasteiger partial charge in [-0.2, -0.15) is 5.26 Å². The van der Waals surface area contributed by atoms with Crippen molar-refractivity contribution in [1.82, 2.24) is 5.16 Å². The maximum Gasteiger partial charge on any atom is 0.186 e. The third kappa shape index (κ3) is 1.21. The molecule has 68 valence electrons. The lowest BCUT2D eigenvalue weighted by Gasteiger charge is -1.93. The molecule has 4 nitrogen and oxygen atoms in total. The van der Waals surface area contributed by atoms with E-state index in [-0.39, 0.29) is 11.4 Å². The van der Waals surface area contributed by atoms with Crippen molar-refractivity contribution in [2.75, 3.05) is 5.73 Å². The zero-order valence-corrected chi connectivity index (χ0v) is 7.27. The predicted molar refractivity (Wildman–Crippen MR) is 51.1 cm³/mol. The molecular formula is C10H7N3O. The van der Waals surface area contributed by atoms with Crippen molar-refractivity contribution < 1.29 is 4.52 Å². The number of rotatable bonds is 1. The molecule has 2 rings (SSSR count). The Labute approximate surface area is 80.6 Å². The van der Waals surface area contributed by atoms with E-state index in [9.17, 15) is 0 Å². The zero-order chi connectivity index (χ0) is 9.97. The molecule has 1 heterocycles. The van der Waals surface area contributed by atoms with Crippen LogP contribution in [0.3, 0.4) is 0 Å². The summed E-state index contributed by atoms with van der Waals surface area (Å²) < 4.78 is 4.97. The van der Waals surface area contributed by atoms with Crippen molar-refractivity contribution in [3.8, 4) is 17.4 Å². The van der Waals surface area contributed by atoms with Gasteiger partial charge in [0.25, 0.3) is 0 Å². The van der Waals surface area contributed by atoms with E-state index in [1.807, 2.05) is 36.4 Å². The van der Waals surface area contributed by atoms with Gasteiger partial charge >= 0.3 is 0 Å². The lowest BCUT2D eigenvalue weighted by Crippen LogP contribution is -1.87. The number of nitriles is 1. The molecule has 0 bridgehead atoms. The summed E-state index contributed by atoms with van der Waals surface area (Å²) in [5.41, 5.74) is 6.55. The van der Waals surface area contributed by atoms with Crippen molar-refractivity contribution in [3.63, 3.8) is 0 Å². The molecule has 0 radical (unpaired) electrons. The summed E-state index contributed by atoms with van der Waals surface area (Å²) in [4.78, 5) is 0. The summed E-state index contributed by atoms with van der Waals surface area (Å²) in [6, 6.07) is 11.2. The third-order valence-corrected chi connectivity index (χ3v) is 1.87. The Morgan fingerprint density at radius 2 is 2.00 bits per heavy atom. The van der Waals surface area contributed by atoms with E-state index in [4.69, 9.17) is 15.5 Å². The number of aromatic nitrogens is 1. The summed E-state index contributed by atoms with van der Waals surface area (Å²) in [5.74, 6) is 0.553. The first-order chi connectivity index (χ1) is 6.83. The van der Waals surface area contributed by atoms with E-state index in [0.717, 1.165) is 5.56 Å². The molecule has 1 aromatic heterocycles. The summed E-state index contributed by atoms with van der Waals surface area (Å²) >= 11 is 0. The van der Waals surface area contributed by atoms with Gasteiger partial charge in [-0.15, -0.1) is 0 Å². The van der Waals surface area contributed by atoms with E-state index in [1.165, 1.54) is 0 Å². The second kappa shape index (κ2) is 3.23. The Morgan fingerprint density at radius 1 is 1.29 bits per heavy atom. The molecule has 0 saturated heterocycles. The van der Waals surface area contributed by atoms with Crippen LogP contribution >= 0.6 is 0 Å². The number of anilines is 1. The molecule has 14 heavy (non-hydrogen) atoms. The van der Waals surface area contributed by atoms with Crippen molar-refractivity contribution in [2.24, 2.45) is 0 Å². The van der Waals surface area contributed by atoms with Crippen LogP contribution in [0.25, 0.3) is 11.3 Å². The molecule has 0 fully saturated rings. The minimum atomic E-state index is 0.131. The second-order valence-electron chi connectivity index (χ2n) is 2.75. The first-order valence-corrected chi connectivity index (χ1v) is 4.03. The van der Waals surface area contributed by atoms with Crippen LogP contribution < -0.4 is 5.73 Å². The molecule has 1 aromatic carbocycles. The van der Waals surface area contributed by atoms with Gasteiger partial charge in [-0.1, -0.05) is 35.5 Å². The van der Waals surface area contributed by atoms with Gasteiger partial charge in [0.05, 0.1) is 0 Å². The maximum atomic E-state index is 8.82. The van der Waals surface area contributed by atoms with E-state index in [2.05, 4.69) is 5.16 Å². The van der Waals surface area contributed by atoms with Crippen LogP contribution in [0.5, 0.6) is 0 Å². The highest BCUT2D eigenvalue weighted by Gasteiger charge is 2.14. The number of nitrogen functional groups attached to an aromatic ring is 1. The Kier molecular flexibility index (Phi) is 1.92. The average molecular weight is 185 g/mol. The molecule has 2 aromatic rings. The normalized spacial score (nSPS) is 9.64. The minimum absolute atomic E-state index is 0.131. The molecule has 0 aliphatic rings. The summed E-state index contributed by atoms with van der Waals surface area (Å²) in [5, 5.41) is 12.4. The number of hydrogen-bond acceptors (Lipinski definition) is 4. The van der Waals surface area contributed by atoms with Gasteiger partial charge in [-0.3, -0.25) is 0 Å². The quantitative estimate of drug-likeness (QED) is 0.734. The molecule has 0 saturated carbocycles. The highest BCUT2D eigenvalue weighted by Crippen LogP contribution is 2.26. The number of hydrogen-bond donors (Lipinski definition) is 1. The standard InChI is InChI=1S/C10H7N3O/c11-6-8-9(14-13-10(8)12)7-4-2-1-3-5-7/h1-5H,(H2,12,13). The monoisotopic (exact) mass is 185 g/mol. The number of nitrogens with two attached hydrogens (primary N) is 1. The van der Waals surface area contributed by atoms with Crippen LogP contribution in [-0.4, -0.2) is 5.16 Å². The van der Waals surface area contributed by atoms with Gasteiger partial charge in [0.2, 0.25) is 0 Å². The largest absolute Gasteiger partial charge is 0.380 e. The number of nitrogens with zero attached hydrogens (tertiary/aromatic N) is 2. The van der Waals surface area contributed by atoms with Crippen LogP contribution in [0.1, 0.15) is 5.56 Å². The van der Waals surface area contributed by atoms with E-state index in [1.54, 1.807) is 0 Å². The van der Waals surface area contributed by atoms with Gasteiger partial charge in [-0.05, 0) is 0 Å². The predicted octanol–water partition coefficient (Wildman–Crippen LogP) is 1.80. The van der Waals surface area contributed by atoms with Gasteiger partial charge < -0.3 is 10.3 Å². The van der Waals surface area contributed by atoms with Crippen LogP contribution in [0.4, 0.5) is 5.82 Å². The molecule has 0 atom stereocenters. The third-order valence-electron chi connectivity index (χ3n) is 1.87. The fourth-order valence-electron chi connectivity index (χ4n) is 1.20. The second-order valence-corrected chi connectivity index (χ2v) is 2.75. The summed E-state index contributed by atoms with van der Waals surface area (Å²) in [6.07, 6.45) is 0. The SMILES string of the molecule is N#Cc1c(N)noc1-c1ccccc1. The smallest absolute Gasteiger partial charge is 0.186 e. The molecular weight excluding hydrogens is 178 g/mol. The Hall–Kier alpha value is -2.28. The van der Waals surface area contributed by atoms with Gasteiger partial charge in [0.1, 0.15) is 11.6 Å². The van der Waals surface area contributed by atoms with E-state index < -0.39 is 0 Å². The maximum absolute atomic E-state index is 8.82. The van der Waals surface area contributed by atoms with Crippen LogP contribution in [0.15, 0.2) is 34.9 Å². The highest BCUT2D eigenvalue weighted by molar-refractivity contribution is 5.70. The highest BCUT2D eigenvalue weighted by atomic mass is 16.5. The Bertz CT molecular complexity index is 482. The van der Waals surface area contributed by atoms with E-state index in [0.29, 0.717) is 5.76 Å². The molecule has 0 unspecified atom stereocenters. The minimum Gasteiger partial charge on any atom is -0.380 e. The van der Waals surface area contributed by atoms with Crippen LogP contribution in [0, 0.1) is 11.3 Å². The van der Waals surface area contributed by atoms with Crippen LogP contribution in [0.2, 0.25) is 0 Å². The molecule has 2 N–H and O–H groups in total. The topological polar surface area (TPSA) is 75.8 Å². The van der Waals surface area contributed by atoms with E-state index >= 15 is 0 Å². The van der Waals surface area contributed by atoms with Crippen LogP contribution in [-0.2, 0) is 0 Å². The van der Waals surface area contributed by atoms with Crippen molar-refractivity contribution in [2.45, 2.75) is 0 Å². The number of benzene rings is 1. The van der Waals surface area contributed by atoms with Crippen molar-refractivity contribution in [3.05, 3.63) is 35.9 Å². The summed E-state index contributed by atoms with van der Waals surface area (Å²) in [7, 11) is 0. The molecule has 0 spiro atoms. The Balaban J connectivity index is 2.59. The van der Waals surface area contributed by atoms with Crippen molar-refractivity contribution >= 4 is 5.82 Å².